The molecule has 0 fully saturated rings. The molecule has 1 aromatic carbocycles. The summed E-state index contributed by atoms with van der Waals surface area (Å²) in [4.78, 5) is 15.4. The lowest BCUT2D eigenvalue weighted by molar-refractivity contribution is -0.136. The van der Waals surface area contributed by atoms with E-state index in [4.69, 9.17) is 4.74 Å². The number of nitrogens with zero attached hydrogens (tertiary/aromatic N) is 1. The van der Waals surface area contributed by atoms with Crippen LogP contribution in [0.5, 0.6) is 0 Å². The normalized spacial score (nSPS) is 9.71. The van der Waals surface area contributed by atoms with Crippen LogP contribution in [-0.2, 0) is 16.0 Å². The summed E-state index contributed by atoms with van der Waals surface area (Å²) in [6.45, 7) is 2.11. The number of carbonyl (C=O) groups is 1. The van der Waals surface area contributed by atoms with Crippen LogP contribution >= 0.6 is 11.3 Å². The Labute approximate surface area is 103 Å². The summed E-state index contributed by atoms with van der Waals surface area (Å²) in [7, 11) is 0. The first-order valence-electron chi connectivity index (χ1n) is 5.29. The Balaban J connectivity index is 2.06. The van der Waals surface area contributed by atoms with Gasteiger partial charge in [0.1, 0.15) is 5.01 Å². The Morgan fingerprint density at radius 1 is 1.47 bits per heavy atom. The minimum absolute atomic E-state index is 0.356. The summed E-state index contributed by atoms with van der Waals surface area (Å²) in [6.07, 6.45) is 0.484. The summed E-state index contributed by atoms with van der Waals surface area (Å²) in [5.41, 5.74) is 0.977. The molecule has 86 valence electrons. The number of carbonyl (C=O) groups excluding carboxylic acids is 1. The summed E-state index contributed by atoms with van der Waals surface area (Å²) in [6, 6.07) is 7.92. The molecule has 0 saturated carbocycles. The number of hydrogen-bond donors (Lipinski definition) is 0. The van der Waals surface area contributed by atoms with Gasteiger partial charge < -0.3 is 4.74 Å². The van der Waals surface area contributed by atoms with Crippen molar-refractivity contribution in [1.29, 1.82) is 0 Å². The number of ether oxygens (including phenoxy) is 1. The van der Waals surface area contributed by atoms with Gasteiger partial charge in [-0.3, -0.25) is 0 Å². The summed E-state index contributed by atoms with van der Waals surface area (Å²) in [5.74, 6) is 4.72. The van der Waals surface area contributed by atoms with Crippen LogP contribution in [0.25, 0.3) is 10.2 Å². The molecular weight excluding hydrogens is 234 g/mol. The number of hydrogen-bond acceptors (Lipinski definition) is 4. The molecule has 0 saturated heterocycles. The van der Waals surface area contributed by atoms with Gasteiger partial charge in [-0.2, -0.15) is 0 Å². The van der Waals surface area contributed by atoms with Gasteiger partial charge in [0, 0.05) is 5.92 Å². The van der Waals surface area contributed by atoms with Crippen molar-refractivity contribution in [3.8, 4) is 11.8 Å². The fraction of sp³-hybridized carbons (Fsp3) is 0.231. The van der Waals surface area contributed by atoms with Crippen molar-refractivity contribution < 1.29 is 9.53 Å². The maximum atomic E-state index is 11.0. The zero-order valence-electron chi connectivity index (χ0n) is 9.40. The van der Waals surface area contributed by atoms with Crippen LogP contribution < -0.4 is 0 Å². The Morgan fingerprint density at radius 2 is 2.29 bits per heavy atom. The molecule has 2 aromatic rings. The molecule has 0 aliphatic rings. The molecule has 0 amide bonds. The van der Waals surface area contributed by atoms with Gasteiger partial charge in [0.05, 0.1) is 23.2 Å². The topological polar surface area (TPSA) is 39.2 Å². The van der Waals surface area contributed by atoms with E-state index in [2.05, 4.69) is 16.8 Å². The predicted octanol–water partition coefficient (Wildman–Crippen LogP) is 2.41. The second-order valence-corrected chi connectivity index (χ2v) is 4.39. The Morgan fingerprint density at radius 3 is 3.06 bits per heavy atom. The smallest absolute Gasteiger partial charge is 0.384 e. The van der Waals surface area contributed by atoms with Crippen LogP contribution in [0.3, 0.4) is 0 Å². The second-order valence-electron chi connectivity index (χ2n) is 3.27. The van der Waals surface area contributed by atoms with E-state index >= 15 is 0 Å². The maximum Gasteiger partial charge on any atom is 0.384 e. The van der Waals surface area contributed by atoms with E-state index < -0.39 is 5.97 Å². The van der Waals surface area contributed by atoms with Crippen molar-refractivity contribution in [3.05, 3.63) is 29.3 Å². The van der Waals surface area contributed by atoms with E-state index in [0.29, 0.717) is 13.0 Å². The van der Waals surface area contributed by atoms with Crippen molar-refractivity contribution in [3.63, 3.8) is 0 Å². The Bertz CT molecular complexity index is 559. The minimum atomic E-state index is -0.478. The van der Waals surface area contributed by atoms with Crippen LogP contribution in [0.2, 0.25) is 0 Å². The summed E-state index contributed by atoms with van der Waals surface area (Å²) >= 11 is 1.60. The van der Waals surface area contributed by atoms with Crippen molar-refractivity contribution in [2.24, 2.45) is 0 Å². The molecule has 1 aromatic heterocycles. The van der Waals surface area contributed by atoms with E-state index in [1.807, 2.05) is 24.3 Å². The molecule has 0 atom stereocenters. The van der Waals surface area contributed by atoms with Crippen LogP contribution in [0, 0.1) is 11.8 Å². The van der Waals surface area contributed by atoms with Gasteiger partial charge in [-0.15, -0.1) is 11.3 Å². The van der Waals surface area contributed by atoms with Gasteiger partial charge >= 0.3 is 5.97 Å². The molecule has 0 radical (unpaired) electrons. The van der Waals surface area contributed by atoms with Crippen molar-refractivity contribution in [2.45, 2.75) is 13.3 Å². The first-order chi connectivity index (χ1) is 8.29. The minimum Gasteiger partial charge on any atom is -0.456 e. The summed E-state index contributed by atoms with van der Waals surface area (Å²) < 4.78 is 5.85. The maximum absolute atomic E-state index is 11.0. The fourth-order valence-corrected chi connectivity index (χ4v) is 2.26. The highest BCUT2D eigenvalue weighted by molar-refractivity contribution is 7.18. The molecule has 1 heterocycles. The monoisotopic (exact) mass is 245 g/mol. The number of benzene rings is 1. The zero-order chi connectivity index (χ0) is 12.1. The van der Waals surface area contributed by atoms with Crippen LogP contribution in [0.15, 0.2) is 24.3 Å². The summed E-state index contributed by atoms with van der Waals surface area (Å²) in [5, 5.41) is 0.919. The van der Waals surface area contributed by atoms with Crippen molar-refractivity contribution in [1.82, 2.24) is 4.98 Å². The van der Waals surface area contributed by atoms with Gasteiger partial charge in [0.25, 0.3) is 0 Å². The third kappa shape index (κ3) is 3.05. The van der Waals surface area contributed by atoms with Gasteiger partial charge in [0.15, 0.2) is 0 Å². The lowest BCUT2D eigenvalue weighted by atomic mass is 10.3. The standard InChI is InChI=1S/C13H11NO2S/c1-2-16-13(15)9-5-8-12-14-10-6-3-4-7-11(10)17-12/h3-4,6-7H,2,8H2,1H3. The Hall–Kier alpha value is -1.86. The van der Waals surface area contributed by atoms with Gasteiger partial charge in [-0.1, -0.05) is 18.1 Å². The highest BCUT2D eigenvalue weighted by Gasteiger charge is 2.01. The molecule has 0 spiro atoms. The van der Waals surface area contributed by atoms with E-state index in [-0.39, 0.29) is 0 Å². The zero-order valence-corrected chi connectivity index (χ0v) is 10.2. The molecule has 0 unspecified atom stereocenters. The SMILES string of the molecule is CCOC(=O)C#CCc1nc2ccccc2s1. The number of thiazole rings is 1. The number of para-hydroxylation sites is 1. The molecule has 2 rings (SSSR count). The predicted molar refractivity (Wildman–Crippen MR) is 67.7 cm³/mol. The first-order valence-corrected chi connectivity index (χ1v) is 6.11. The average molecular weight is 245 g/mol. The largest absolute Gasteiger partial charge is 0.456 e. The number of aromatic nitrogens is 1. The van der Waals surface area contributed by atoms with E-state index in [9.17, 15) is 4.79 Å². The number of esters is 1. The van der Waals surface area contributed by atoms with Gasteiger partial charge in [-0.05, 0) is 19.1 Å². The molecular formula is C13H11NO2S. The molecule has 3 nitrogen and oxygen atoms in total. The molecule has 4 heteroatoms. The number of rotatable bonds is 2. The third-order valence-corrected chi connectivity index (χ3v) is 3.08. The Kier molecular flexibility index (Phi) is 3.73. The van der Waals surface area contributed by atoms with Crippen molar-refractivity contribution >= 4 is 27.5 Å². The third-order valence-electron chi connectivity index (χ3n) is 2.04. The van der Waals surface area contributed by atoms with Gasteiger partial charge in [-0.25, -0.2) is 9.78 Å². The van der Waals surface area contributed by atoms with Crippen LogP contribution in [-0.4, -0.2) is 17.6 Å². The highest BCUT2D eigenvalue weighted by atomic mass is 32.1. The lowest BCUT2D eigenvalue weighted by Crippen LogP contribution is -1.99. The van der Waals surface area contributed by atoms with Crippen LogP contribution in [0.1, 0.15) is 11.9 Å². The molecule has 0 bridgehead atoms. The molecule has 0 aliphatic carbocycles. The fourth-order valence-electron chi connectivity index (χ4n) is 1.35. The first kappa shape index (κ1) is 11.6. The van der Waals surface area contributed by atoms with Crippen LogP contribution in [0.4, 0.5) is 0 Å². The quantitative estimate of drug-likeness (QED) is 0.463. The van der Waals surface area contributed by atoms with E-state index in [1.54, 1.807) is 18.3 Å². The molecule has 0 N–H and O–H groups in total. The molecule has 0 aliphatic heterocycles. The highest BCUT2D eigenvalue weighted by Crippen LogP contribution is 2.21. The molecule has 17 heavy (non-hydrogen) atoms. The lowest BCUT2D eigenvalue weighted by Gasteiger charge is -1.90. The van der Waals surface area contributed by atoms with E-state index in [0.717, 1.165) is 15.2 Å². The van der Waals surface area contributed by atoms with Crippen molar-refractivity contribution in [2.75, 3.05) is 6.61 Å². The second kappa shape index (κ2) is 5.46. The number of fused-ring (bicyclic) bond motifs is 1. The van der Waals surface area contributed by atoms with Gasteiger partial charge in [0.2, 0.25) is 0 Å². The van der Waals surface area contributed by atoms with E-state index in [1.165, 1.54) is 0 Å². The average Bonchev–Trinajstić information content (AvgIpc) is 2.71.